The standard InChI is InChI=1S/C22H27NO8S2/c1-4-31-22(24)17-6-8-19(9-7-17)33(27,28)23(18-11-12-32(25,26)15-18)14-16-5-10-20(29-2)21(13-16)30-3/h5-10,13,18H,4,11-12,14-15H2,1-3H3/t18-/m1/s1. The van der Waals surface area contributed by atoms with Gasteiger partial charge in [0.1, 0.15) is 0 Å². The zero-order valence-electron chi connectivity index (χ0n) is 18.7. The van der Waals surface area contributed by atoms with Crippen molar-refractivity contribution in [3.63, 3.8) is 0 Å². The SMILES string of the molecule is CCOC(=O)c1ccc(S(=O)(=O)N(Cc2ccc(OC)c(OC)c2)[C@@H]2CCS(=O)(=O)C2)cc1. The van der Waals surface area contributed by atoms with E-state index in [1.165, 1.54) is 42.8 Å². The molecule has 1 aliphatic heterocycles. The van der Waals surface area contributed by atoms with Crippen LogP contribution in [-0.2, 0) is 31.1 Å². The van der Waals surface area contributed by atoms with E-state index >= 15 is 0 Å². The highest BCUT2D eigenvalue weighted by Gasteiger charge is 2.39. The number of sulfonamides is 1. The van der Waals surface area contributed by atoms with Crippen LogP contribution in [0.15, 0.2) is 47.4 Å². The number of nitrogens with zero attached hydrogens (tertiary/aromatic N) is 1. The lowest BCUT2D eigenvalue weighted by molar-refractivity contribution is 0.0526. The Morgan fingerprint density at radius 3 is 2.27 bits per heavy atom. The molecule has 0 aliphatic carbocycles. The number of hydrogen-bond acceptors (Lipinski definition) is 8. The van der Waals surface area contributed by atoms with E-state index in [1.807, 2.05) is 0 Å². The molecule has 0 spiro atoms. The fourth-order valence-corrected chi connectivity index (χ4v) is 7.15. The number of esters is 1. The summed E-state index contributed by atoms with van der Waals surface area (Å²) in [5.74, 6) is 0.0575. The summed E-state index contributed by atoms with van der Waals surface area (Å²) in [6.07, 6.45) is 0.204. The minimum absolute atomic E-state index is 0.0414. The monoisotopic (exact) mass is 497 g/mol. The maximum Gasteiger partial charge on any atom is 0.338 e. The van der Waals surface area contributed by atoms with Gasteiger partial charge >= 0.3 is 5.97 Å². The summed E-state index contributed by atoms with van der Waals surface area (Å²) >= 11 is 0. The van der Waals surface area contributed by atoms with E-state index in [-0.39, 0.29) is 41.5 Å². The first kappa shape index (κ1) is 25.0. The van der Waals surface area contributed by atoms with Crippen LogP contribution in [0, 0.1) is 0 Å². The molecule has 9 nitrogen and oxygen atoms in total. The summed E-state index contributed by atoms with van der Waals surface area (Å²) in [6.45, 7) is 1.83. The summed E-state index contributed by atoms with van der Waals surface area (Å²) in [5, 5.41) is 0. The Balaban J connectivity index is 1.98. The van der Waals surface area contributed by atoms with Crippen molar-refractivity contribution in [1.82, 2.24) is 4.31 Å². The minimum Gasteiger partial charge on any atom is -0.493 e. The Morgan fingerprint density at radius 2 is 1.73 bits per heavy atom. The van der Waals surface area contributed by atoms with Crippen LogP contribution in [0.25, 0.3) is 0 Å². The van der Waals surface area contributed by atoms with Crippen molar-refractivity contribution >= 4 is 25.8 Å². The highest BCUT2D eigenvalue weighted by atomic mass is 32.2. The van der Waals surface area contributed by atoms with E-state index in [2.05, 4.69) is 0 Å². The van der Waals surface area contributed by atoms with Crippen molar-refractivity contribution in [2.75, 3.05) is 32.3 Å². The fraction of sp³-hybridized carbons (Fsp3) is 0.409. The van der Waals surface area contributed by atoms with Crippen LogP contribution in [0.2, 0.25) is 0 Å². The Bertz CT molecular complexity index is 1210. The molecule has 3 rings (SSSR count). The lowest BCUT2D eigenvalue weighted by Gasteiger charge is -2.28. The predicted molar refractivity (Wildman–Crippen MR) is 122 cm³/mol. The zero-order chi connectivity index (χ0) is 24.2. The number of methoxy groups -OCH3 is 2. The second-order valence-corrected chi connectivity index (χ2v) is 11.7. The van der Waals surface area contributed by atoms with Gasteiger partial charge in [0.05, 0.1) is 42.8 Å². The number of benzene rings is 2. The fourth-order valence-electron chi connectivity index (χ4n) is 3.68. The number of sulfone groups is 1. The molecule has 2 aromatic rings. The third kappa shape index (κ3) is 5.66. The lowest BCUT2D eigenvalue weighted by atomic mass is 10.1. The van der Waals surface area contributed by atoms with Crippen LogP contribution < -0.4 is 9.47 Å². The van der Waals surface area contributed by atoms with Crippen LogP contribution >= 0.6 is 0 Å². The van der Waals surface area contributed by atoms with Crippen molar-refractivity contribution in [1.29, 1.82) is 0 Å². The molecule has 33 heavy (non-hydrogen) atoms. The van der Waals surface area contributed by atoms with Gasteiger partial charge in [-0.3, -0.25) is 0 Å². The van der Waals surface area contributed by atoms with Gasteiger partial charge in [-0.05, 0) is 55.3 Å². The Kier molecular flexibility index (Phi) is 7.65. The van der Waals surface area contributed by atoms with Gasteiger partial charge in [-0.15, -0.1) is 0 Å². The molecule has 0 unspecified atom stereocenters. The van der Waals surface area contributed by atoms with Crippen LogP contribution in [-0.4, -0.2) is 65.5 Å². The number of rotatable bonds is 9. The topological polar surface area (TPSA) is 116 Å². The molecule has 1 atom stereocenters. The molecule has 0 saturated carbocycles. The summed E-state index contributed by atoms with van der Waals surface area (Å²) in [6, 6.07) is 9.73. The summed E-state index contributed by atoms with van der Waals surface area (Å²) in [7, 11) is -4.44. The number of carbonyl (C=O) groups is 1. The highest BCUT2D eigenvalue weighted by molar-refractivity contribution is 7.92. The van der Waals surface area contributed by atoms with Gasteiger partial charge in [-0.25, -0.2) is 21.6 Å². The van der Waals surface area contributed by atoms with Crippen molar-refractivity contribution in [2.45, 2.75) is 30.8 Å². The van der Waals surface area contributed by atoms with E-state index in [0.717, 1.165) is 0 Å². The van der Waals surface area contributed by atoms with Gasteiger partial charge in [0.2, 0.25) is 10.0 Å². The first-order chi connectivity index (χ1) is 15.6. The first-order valence-electron chi connectivity index (χ1n) is 10.3. The van der Waals surface area contributed by atoms with E-state index in [9.17, 15) is 21.6 Å². The average Bonchev–Trinajstić information content (AvgIpc) is 3.16. The minimum atomic E-state index is -4.08. The maximum atomic E-state index is 13.6. The molecule has 0 N–H and O–H groups in total. The number of carbonyl (C=O) groups excluding carboxylic acids is 1. The Hall–Kier alpha value is -2.63. The summed E-state index contributed by atoms with van der Waals surface area (Å²) in [4.78, 5) is 11.9. The second-order valence-electron chi connectivity index (χ2n) is 7.54. The van der Waals surface area contributed by atoms with Crippen LogP contribution in [0.1, 0.15) is 29.3 Å². The molecule has 0 bridgehead atoms. The van der Waals surface area contributed by atoms with E-state index < -0.39 is 31.9 Å². The number of hydrogen-bond donors (Lipinski definition) is 0. The maximum absolute atomic E-state index is 13.6. The quantitative estimate of drug-likeness (QED) is 0.485. The third-order valence-electron chi connectivity index (χ3n) is 5.37. The van der Waals surface area contributed by atoms with Gasteiger partial charge in [0.25, 0.3) is 0 Å². The first-order valence-corrected chi connectivity index (χ1v) is 13.6. The molecular weight excluding hydrogens is 470 g/mol. The smallest absolute Gasteiger partial charge is 0.338 e. The van der Waals surface area contributed by atoms with Gasteiger partial charge in [0.15, 0.2) is 21.3 Å². The van der Waals surface area contributed by atoms with Crippen molar-refractivity contribution in [3.05, 3.63) is 53.6 Å². The third-order valence-corrected chi connectivity index (χ3v) is 9.04. The Labute approximate surface area is 194 Å². The zero-order valence-corrected chi connectivity index (χ0v) is 20.3. The molecule has 1 fully saturated rings. The van der Waals surface area contributed by atoms with Crippen molar-refractivity contribution in [3.8, 4) is 11.5 Å². The lowest BCUT2D eigenvalue weighted by Crippen LogP contribution is -2.40. The van der Waals surface area contributed by atoms with Gasteiger partial charge in [0, 0.05) is 12.6 Å². The second kappa shape index (κ2) is 10.1. The summed E-state index contributed by atoms with van der Waals surface area (Å²) in [5.41, 5.74) is 0.842. The molecule has 0 aromatic heterocycles. The summed E-state index contributed by atoms with van der Waals surface area (Å²) < 4.78 is 68.1. The van der Waals surface area contributed by atoms with Crippen molar-refractivity contribution < 1.29 is 35.8 Å². The van der Waals surface area contributed by atoms with Crippen LogP contribution in [0.5, 0.6) is 11.5 Å². The molecule has 0 amide bonds. The normalized spacial score (nSPS) is 17.6. The van der Waals surface area contributed by atoms with E-state index in [4.69, 9.17) is 14.2 Å². The van der Waals surface area contributed by atoms with Gasteiger partial charge in [-0.2, -0.15) is 4.31 Å². The molecule has 1 saturated heterocycles. The molecule has 1 heterocycles. The van der Waals surface area contributed by atoms with Crippen molar-refractivity contribution in [2.24, 2.45) is 0 Å². The number of ether oxygens (including phenoxy) is 3. The molecule has 180 valence electrons. The van der Waals surface area contributed by atoms with E-state index in [1.54, 1.807) is 25.1 Å². The molecule has 1 aliphatic rings. The van der Waals surface area contributed by atoms with Gasteiger partial charge in [-0.1, -0.05) is 6.07 Å². The highest BCUT2D eigenvalue weighted by Crippen LogP contribution is 2.31. The van der Waals surface area contributed by atoms with Crippen LogP contribution in [0.4, 0.5) is 0 Å². The average molecular weight is 498 g/mol. The Morgan fingerprint density at radius 1 is 1.06 bits per heavy atom. The van der Waals surface area contributed by atoms with E-state index in [0.29, 0.717) is 17.1 Å². The molecule has 11 heteroatoms. The molecular formula is C22H27NO8S2. The van der Waals surface area contributed by atoms with Crippen LogP contribution in [0.3, 0.4) is 0 Å². The largest absolute Gasteiger partial charge is 0.493 e. The molecule has 2 aromatic carbocycles. The van der Waals surface area contributed by atoms with Gasteiger partial charge < -0.3 is 14.2 Å². The predicted octanol–water partition coefficient (Wildman–Crippen LogP) is 2.26. The molecule has 0 radical (unpaired) electrons.